The Morgan fingerprint density at radius 2 is 1.94 bits per heavy atom. The van der Waals surface area contributed by atoms with Crippen LogP contribution in [0.1, 0.15) is 18.4 Å². The quantitative estimate of drug-likeness (QED) is 0.772. The fourth-order valence-electron chi connectivity index (χ4n) is 2.06. The van der Waals surface area contributed by atoms with Gasteiger partial charge in [-0.3, -0.25) is 0 Å². The maximum Gasteiger partial charge on any atom is 0.417 e. The van der Waals surface area contributed by atoms with E-state index in [-0.39, 0.29) is 0 Å². The summed E-state index contributed by atoms with van der Waals surface area (Å²) in [5, 5.41) is 0.987. The molecule has 0 radical (unpaired) electrons. The molecule has 0 unspecified atom stereocenters. The Bertz CT molecular complexity index is 383. The molecule has 1 aliphatic heterocycles. The van der Waals surface area contributed by atoms with Crippen LogP contribution in [0.3, 0.4) is 0 Å². The van der Waals surface area contributed by atoms with Gasteiger partial charge in [0.05, 0.1) is 5.56 Å². The van der Waals surface area contributed by atoms with Crippen molar-refractivity contribution >= 4 is 21.7 Å². The van der Waals surface area contributed by atoms with E-state index in [0.29, 0.717) is 11.7 Å². The van der Waals surface area contributed by atoms with Crippen LogP contribution in [0.2, 0.25) is 0 Å². The van der Waals surface area contributed by atoms with Crippen LogP contribution in [0.5, 0.6) is 0 Å². The van der Waals surface area contributed by atoms with Crippen LogP contribution in [0.15, 0.2) is 18.3 Å². The standard InChI is InChI=1S/C12H14BrF3N2/c13-7-9-3-5-18(6-4-9)11-2-1-10(8-17-11)12(14,15)16/h1-2,8-9H,3-7H2. The topological polar surface area (TPSA) is 16.1 Å². The van der Waals surface area contributed by atoms with E-state index < -0.39 is 11.7 Å². The van der Waals surface area contributed by atoms with Gasteiger partial charge in [-0.1, -0.05) is 15.9 Å². The van der Waals surface area contributed by atoms with Gasteiger partial charge >= 0.3 is 6.18 Å². The van der Waals surface area contributed by atoms with E-state index in [4.69, 9.17) is 0 Å². The summed E-state index contributed by atoms with van der Waals surface area (Å²) in [5.74, 6) is 1.30. The highest BCUT2D eigenvalue weighted by Gasteiger charge is 2.31. The number of rotatable bonds is 2. The molecule has 0 atom stereocenters. The number of piperidine rings is 1. The molecule has 6 heteroatoms. The van der Waals surface area contributed by atoms with Crippen molar-refractivity contribution in [2.45, 2.75) is 19.0 Å². The molecule has 1 aromatic rings. The molecule has 2 rings (SSSR count). The summed E-state index contributed by atoms with van der Waals surface area (Å²) in [6, 6.07) is 2.55. The van der Waals surface area contributed by atoms with E-state index in [1.165, 1.54) is 6.07 Å². The van der Waals surface area contributed by atoms with E-state index in [2.05, 4.69) is 20.9 Å². The SMILES string of the molecule is FC(F)(F)c1ccc(N2CCC(CBr)CC2)nc1. The van der Waals surface area contributed by atoms with Gasteiger partial charge in [0.2, 0.25) is 0 Å². The first-order valence-electron chi connectivity index (χ1n) is 5.85. The lowest BCUT2D eigenvalue weighted by atomic mass is 9.99. The number of halogens is 4. The third-order valence-electron chi connectivity index (χ3n) is 3.23. The van der Waals surface area contributed by atoms with Gasteiger partial charge in [0.15, 0.2) is 0 Å². The monoisotopic (exact) mass is 322 g/mol. The average molecular weight is 323 g/mol. The number of hydrogen-bond acceptors (Lipinski definition) is 2. The van der Waals surface area contributed by atoms with Gasteiger partial charge in [-0.2, -0.15) is 13.2 Å². The predicted molar refractivity (Wildman–Crippen MR) is 68.0 cm³/mol. The number of alkyl halides is 4. The molecule has 1 aliphatic rings. The second kappa shape index (κ2) is 5.47. The molecule has 100 valence electrons. The number of anilines is 1. The smallest absolute Gasteiger partial charge is 0.357 e. The van der Waals surface area contributed by atoms with Crippen molar-refractivity contribution in [3.8, 4) is 0 Å². The van der Waals surface area contributed by atoms with Gasteiger partial charge in [0.25, 0.3) is 0 Å². The first-order valence-corrected chi connectivity index (χ1v) is 6.97. The average Bonchev–Trinajstić information content (AvgIpc) is 2.38. The second-order valence-corrected chi connectivity index (χ2v) is 5.14. The number of hydrogen-bond donors (Lipinski definition) is 0. The number of nitrogens with zero attached hydrogens (tertiary/aromatic N) is 2. The summed E-state index contributed by atoms with van der Waals surface area (Å²) in [6.45, 7) is 1.71. The molecule has 1 aromatic heterocycles. The lowest BCUT2D eigenvalue weighted by Gasteiger charge is -2.32. The molecule has 0 aliphatic carbocycles. The molecule has 0 saturated carbocycles. The number of pyridine rings is 1. The zero-order valence-corrected chi connectivity index (χ0v) is 11.3. The molecule has 1 saturated heterocycles. The van der Waals surface area contributed by atoms with E-state index >= 15 is 0 Å². The first-order chi connectivity index (χ1) is 8.50. The van der Waals surface area contributed by atoms with Crippen molar-refractivity contribution in [2.24, 2.45) is 5.92 Å². The summed E-state index contributed by atoms with van der Waals surface area (Å²) < 4.78 is 37.2. The van der Waals surface area contributed by atoms with Gasteiger partial charge < -0.3 is 4.90 Å². The van der Waals surface area contributed by atoms with Crippen molar-refractivity contribution in [2.75, 3.05) is 23.3 Å². The van der Waals surface area contributed by atoms with Crippen LogP contribution in [-0.4, -0.2) is 23.4 Å². The Morgan fingerprint density at radius 1 is 1.28 bits per heavy atom. The minimum Gasteiger partial charge on any atom is -0.357 e. The van der Waals surface area contributed by atoms with E-state index in [9.17, 15) is 13.2 Å². The summed E-state index contributed by atoms with van der Waals surface area (Å²) in [4.78, 5) is 5.95. The van der Waals surface area contributed by atoms with Crippen LogP contribution < -0.4 is 4.90 Å². The molecule has 0 amide bonds. The Hall–Kier alpha value is -0.780. The predicted octanol–water partition coefficient (Wildman–Crippen LogP) is 3.71. The highest BCUT2D eigenvalue weighted by Crippen LogP contribution is 2.30. The van der Waals surface area contributed by atoms with E-state index in [1.807, 2.05) is 4.90 Å². The van der Waals surface area contributed by atoms with Gasteiger partial charge in [-0.15, -0.1) is 0 Å². The lowest BCUT2D eigenvalue weighted by molar-refractivity contribution is -0.137. The minimum absolute atomic E-state index is 0.635. The lowest BCUT2D eigenvalue weighted by Crippen LogP contribution is -2.34. The summed E-state index contributed by atoms with van der Waals surface area (Å²) in [6.07, 6.45) is -1.30. The molecule has 1 fully saturated rings. The third kappa shape index (κ3) is 3.16. The fourth-order valence-corrected chi connectivity index (χ4v) is 2.70. The van der Waals surface area contributed by atoms with Crippen LogP contribution in [0.25, 0.3) is 0 Å². The van der Waals surface area contributed by atoms with Crippen molar-refractivity contribution in [3.63, 3.8) is 0 Å². The molecule has 0 N–H and O–H groups in total. The van der Waals surface area contributed by atoms with Crippen molar-refractivity contribution in [1.29, 1.82) is 0 Å². The molecule has 2 nitrogen and oxygen atoms in total. The summed E-state index contributed by atoms with van der Waals surface area (Å²) in [7, 11) is 0. The van der Waals surface area contributed by atoms with E-state index in [1.54, 1.807) is 0 Å². The van der Waals surface area contributed by atoms with Crippen molar-refractivity contribution in [1.82, 2.24) is 4.98 Å². The molecular weight excluding hydrogens is 309 g/mol. The second-order valence-electron chi connectivity index (χ2n) is 4.49. The normalized spacial score (nSPS) is 18.1. The van der Waals surface area contributed by atoms with Crippen molar-refractivity contribution in [3.05, 3.63) is 23.9 Å². The molecular formula is C12H14BrF3N2. The largest absolute Gasteiger partial charge is 0.417 e. The summed E-state index contributed by atoms with van der Waals surface area (Å²) >= 11 is 3.46. The molecule has 18 heavy (non-hydrogen) atoms. The maximum atomic E-state index is 12.4. The first kappa shape index (κ1) is 13.6. The minimum atomic E-state index is -4.31. The molecule has 2 heterocycles. The molecule has 0 spiro atoms. The Balaban J connectivity index is 2.02. The van der Waals surface area contributed by atoms with Gasteiger partial charge in [0.1, 0.15) is 5.82 Å². The highest BCUT2D eigenvalue weighted by atomic mass is 79.9. The van der Waals surface area contributed by atoms with Crippen LogP contribution in [0, 0.1) is 5.92 Å². The fraction of sp³-hybridized carbons (Fsp3) is 0.583. The maximum absolute atomic E-state index is 12.4. The summed E-state index contributed by atoms with van der Waals surface area (Å²) in [5.41, 5.74) is -0.693. The van der Waals surface area contributed by atoms with Crippen LogP contribution >= 0.6 is 15.9 Å². The zero-order chi connectivity index (χ0) is 13.2. The van der Waals surface area contributed by atoms with Gasteiger partial charge in [-0.25, -0.2) is 4.98 Å². The van der Waals surface area contributed by atoms with Gasteiger partial charge in [-0.05, 0) is 30.9 Å². The highest BCUT2D eigenvalue weighted by molar-refractivity contribution is 9.09. The zero-order valence-electron chi connectivity index (χ0n) is 9.75. The van der Waals surface area contributed by atoms with Gasteiger partial charge in [0, 0.05) is 24.6 Å². The van der Waals surface area contributed by atoms with Crippen LogP contribution in [-0.2, 0) is 6.18 Å². The van der Waals surface area contributed by atoms with Crippen LogP contribution in [0.4, 0.5) is 19.0 Å². The molecule has 0 aromatic carbocycles. The third-order valence-corrected chi connectivity index (χ3v) is 4.15. The van der Waals surface area contributed by atoms with E-state index in [0.717, 1.165) is 43.5 Å². The Kier molecular flexibility index (Phi) is 4.14. The number of aromatic nitrogens is 1. The Labute approximate surface area is 112 Å². The molecule has 0 bridgehead atoms. The Morgan fingerprint density at radius 3 is 2.39 bits per heavy atom. The van der Waals surface area contributed by atoms with Crippen molar-refractivity contribution < 1.29 is 13.2 Å².